The molecule has 0 radical (unpaired) electrons. The molecular formula is C16H16ClN3O4S. The molecule has 0 amide bonds. The Morgan fingerprint density at radius 2 is 1.92 bits per heavy atom. The first-order valence-corrected chi connectivity index (χ1v) is 9.66. The highest BCUT2D eigenvalue weighted by Crippen LogP contribution is 2.31. The van der Waals surface area contributed by atoms with E-state index in [2.05, 4.69) is 4.98 Å². The zero-order chi connectivity index (χ0) is 18.0. The maximum absolute atomic E-state index is 12.8. The van der Waals surface area contributed by atoms with Crippen molar-refractivity contribution in [1.82, 2.24) is 4.98 Å². The summed E-state index contributed by atoms with van der Waals surface area (Å²) in [5.41, 5.74) is -0.0707. The van der Waals surface area contributed by atoms with Crippen molar-refractivity contribution in [1.29, 1.82) is 0 Å². The van der Waals surface area contributed by atoms with Gasteiger partial charge in [-0.15, -0.1) is 0 Å². The van der Waals surface area contributed by atoms with E-state index in [1.807, 2.05) is 0 Å². The van der Waals surface area contributed by atoms with Crippen molar-refractivity contribution in [2.75, 3.05) is 18.0 Å². The Hall–Kier alpha value is -2.19. The predicted molar refractivity (Wildman–Crippen MR) is 94.8 cm³/mol. The highest BCUT2D eigenvalue weighted by Gasteiger charge is 2.33. The molecule has 132 valence electrons. The van der Waals surface area contributed by atoms with Gasteiger partial charge in [-0.2, -0.15) is 0 Å². The Balaban J connectivity index is 1.77. The lowest BCUT2D eigenvalue weighted by atomic mass is 10.1. The number of rotatable bonds is 4. The molecule has 1 fully saturated rings. The van der Waals surface area contributed by atoms with Gasteiger partial charge in [-0.05, 0) is 37.1 Å². The topological polar surface area (TPSA) is 93.4 Å². The number of nitrogens with zero attached hydrogens (tertiary/aromatic N) is 3. The summed E-state index contributed by atoms with van der Waals surface area (Å²) < 4.78 is 25.5. The summed E-state index contributed by atoms with van der Waals surface area (Å²) in [6.45, 7) is 0.782. The van der Waals surface area contributed by atoms with E-state index in [9.17, 15) is 18.5 Å². The molecule has 1 aliphatic rings. The van der Waals surface area contributed by atoms with Crippen LogP contribution in [0.15, 0.2) is 47.5 Å². The summed E-state index contributed by atoms with van der Waals surface area (Å²) in [6.07, 6.45) is 2.25. The summed E-state index contributed by atoms with van der Waals surface area (Å²) in [4.78, 5) is 16.7. The molecule has 3 rings (SSSR count). The minimum Gasteiger partial charge on any atom is -0.351 e. The van der Waals surface area contributed by atoms with E-state index in [0.717, 1.165) is 0 Å². The molecule has 0 unspecified atom stereocenters. The highest BCUT2D eigenvalue weighted by molar-refractivity contribution is 7.92. The van der Waals surface area contributed by atoms with E-state index >= 15 is 0 Å². The molecular weight excluding hydrogens is 366 g/mol. The van der Waals surface area contributed by atoms with Gasteiger partial charge in [0, 0.05) is 30.4 Å². The Bertz CT molecular complexity index is 896. The zero-order valence-electron chi connectivity index (χ0n) is 13.2. The number of sulfone groups is 1. The van der Waals surface area contributed by atoms with Crippen molar-refractivity contribution in [2.45, 2.75) is 23.0 Å². The molecule has 2 heterocycles. The fraction of sp³-hybridized carbons (Fsp3) is 0.312. The van der Waals surface area contributed by atoms with Crippen LogP contribution in [0.5, 0.6) is 0 Å². The van der Waals surface area contributed by atoms with Gasteiger partial charge in [-0.1, -0.05) is 17.7 Å². The standard InChI is InChI=1S/C16H16ClN3O4S/c17-12-3-1-4-14(11-12)25(23,24)13-6-9-19(10-7-13)16-15(20(21)22)5-2-8-18-16/h1-5,8,11,13H,6-7,9-10H2. The van der Waals surface area contributed by atoms with Gasteiger partial charge in [0.1, 0.15) is 0 Å². The first kappa shape index (κ1) is 17.6. The maximum Gasteiger partial charge on any atom is 0.311 e. The van der Waals surface area contributed by atoms with E-state index in [1.165, 1.54) is 30.5 Å². The molecule has 0 atom stereocenters. The van der Waals surface area contributed by atoms with Crippen LogP contribution >= 0.6 is 11.6 Å². The number of halogens is 1. The van der Waals surface area contributed by atoms with Gasteiger partial charge in [-0.3, -0.25) is 10.1 Å². The largest absolute Gasteiger partial charge is 0.351 e. The van der Waals surface area contributed by atoms with Gasteiger partial charge in [-0.25, -0.2) is 13.4 Å². The summed E-state index contributed by atoms with van der Waals surface area (Å²) >= 11 is 5.90. The van der Waals surface area contributed by atoms with Crippen LogP contribution in [0.1, 0.15) is 12.8 Å². The van der Waals surface area contributed by atoms with Crippen molar-refractivity contribution in [3.63, 3.8) is 0 Å². The number of hydrogen-bond donors (Lipinski definition) is 0. The summed E-state index contributed by atoms with van der Waals surface area (Å²) in [7, 11) is -3.48. The van der Waals surface area contributed by atoms with Gasteiger partial charge >= 0.3 is 5.69 Å². The zero-order valence-corrected chi connectivity index (χ0v) is 14.8. The van der Waals surface area contributed by atoms with Gasteiger partial charge < -0.3 is 4.90 Å². The number of anilines is 1. The molecule has 0 aliphatic carbocycles. The molecule has 1 aromatic carbocycles. The molecule has 0 saturated carbocycles. The third-order valence-electron chi connectivity index (χ3n) is 4.27. The number of benzene rings is 1. The molecule has 2 aromatic rings. The minimum absolute atomic E-state index is 0.0707. The Labute approximate surface area is 150 Å². The van der Waals surface area contributed by atoms with Gasteiger partial charge in [0.2, 0.25) is 5.82 Å². The van der Waals surface area contributed by atoms with Crippen molar-refractivity contribution >= 4 is 32.9 Å². The van der Waals surface area contributed by atoms with Crippen LogP contribution in [0.3, 0.4) is 0 Å². The first-order valence-electron chi connectivity index (χ1n) is 7.73. The lowest BCUT2D eigenvalue weighted by Gasteiger charge is -2.32. The van der Waals surface area contributed by atoms with Crippen molar-refractivity contribution in [2.24, 2.45) is 0 Å². The number of nitro groups is 1. The van der Waals surface area contributed by atoms with E-state index in [4.69, 9.17) is 11.6 Å². The third-order valence-corrected chi connectivity index (χ3v) is 6.76. The molecule has 1 saturated heterocycles. The van der Waals surface area contributed by atoms with E-state index in [0.29, 0.717) is 31.0 Å². The minimum atomic E-state index is -3.48. The SMILES string of the molecule is O=[N+]([O-])c1cccnc1N1CCC(S(=O)(=O)c2cccc(Cl)c2)CC1. The molecule has 9 heteroatoms. The van der Waals surface area contributed by atoms with Crippen LogP contribution in [-0.2, 0) is 9.84 Å². The molecule has 0 bridgehead atoms. The van der Waals surface area contributed by atoms with Crippen LogP contribution in [0.4, 0.5) is 11.5 Å². The molecule has 0 N–H and O–H groups in total. The quantitative estimate of drug-likeness (QED) is 0.596. The monoisotopic (exact) mass is 381 g/mol. The van der Waals surface area contributed by atoms with E-state index in [-0.39, 0.29) is 16.4 Å². The molecule has 7 nitrogen and oxygen atoms in total. The lowest BCUT2D eigenvalue weighted by molar-refractivity contribution is -0.384. The third kappa shape index (κ3) is 3.59. The second kappa shape index (κ2) is 6.97. The Kier molecular flexibility index (Phi) is 4.91. The Morgan fingerprint density at radius 3 is 2.56 bits per heavy atom. The predicted octanol–water partition coefficient (Wildman–Crippen LogP) is 3.09. The Morgan fingerprint density at radius 1 is 1.20 bits per heavy atom. The van der Waals surface area contributed by atoms with Crippen LogP contribution in [0, 0.1) is 10.1 Å². The molecule has 0 spiro atoms. The average molecular weight is 382 g/mol. The van der Waals surface area contributed by atoms with Crippen LogP contribution in [0.25, 0.3) is 0 Å². The normalized spacial score (nSPS) is 16.0. The van der Waals surface area contributed by atoms with Crippen LogP contribution in [-0.4, -0.2) is 36.7 Å². The first-order chi connectivity index (χ1) is 11.9. The van der Waals surface area contributed by atoms with Gasteiger partial charge in [0.05, 0.1) is 15.1 Å². The second-order valence-electron chi connectivity index (χ2n) is 5.79. The molecule has 1 aliphatic heterocycles. The van der Waals surface area contributed by atoms with Gasteiger partial charge in [0.15, 0.2) is 9.84 Å². The van der Waals surface area contributed by atoms with E-state index in [1.54, 1.807) is 17.0 Å². The fourth-order valence-electron chi connectivity index (χ4n) is 2.99. The smallest absolute Gasteiger partial charge is 0.311 e. The van der Waals surface area contributed by atoms with Crippen LogP contribution in [0.2, 0.25) is 5.02 Å². The molecule has 1 aromatic heterocycles. The van der Waals surface area contributed by atoms with Crippen molar-refractivity contribution in [3.05, 3.63) is 57.7 Å². The summed E-state index contributed by atoms with van der Waals surface area (Å²) in [6, 6.07) is 9.14. The van der Waals surface area contributed by atoms with Gasteiger partial charge in [0.25, 0.3) is 0 Å². The lowest BCUT2D eigenvalue weighted by Crippen LogP contribution is -2.40. The average Bonchev–Trinajstić information content (AvgIpc) is 2.62. The number of aromatic nitrogens is 1. The number of piperidine rings is 1. The maximum atomic E-state index is 12.8. The fourth-order valence-corrected chi connectivity index (χ4v) is 5.02. The van der Waals surface area contributed by atoms with E-state index < -0.39 is 20.0 Å². The summed E-state index contributed by atoms with van der Waals surface area (Å²) in [5.74, 6) is 0.283. The second-order valence-corrected chi connectivity index (χ2v) is 8.46. The summed E-state index contributed by atoms with van der Waals surface area (Å²) in [5, 5.41) is 11.0. The van der Waals surface area contributed by atoms with Crippen molar-refractivity contribution < 1.29 is 13.3 Å². The van der Waals surface area contributed by atoms with Crippen LogP contribution < -0.4 is 4.90 Å². The number of hydrogen-bond acceptors (Lipinski definition) is 6. The molecule has 25 heavy (non-hydrogen) atoms. The highest BCUT2D eigenvalue weighted by atomic mass is 35.5. The number of pyridine rings is 1. The van der Waals surface area contributed by atoms with Crippen molar-refractivity contribution in [3.8, 4) is 0 Å².